The first-order valence-electron chi connectivity index (χ1n) is 12.7. The van der Waals surface area contributed by atoms with Gasteiger partial charge < -0.3 is 4.74 Å². The second-order valence-electron chi connectivity index (χ2n) is 9.70. The number of aryl methyl sites for hydroxylation is 1. The number of aliphatic imine (C=N–C) groups is 1. The van der Waals surface area contributed by atoms with Gasteiger partial charge in [0, 0.05) is 23.7 Å². The van der Waals surface area contributed by atoms with E-state index in [1.165, 1.54) is 5.56 Å². The fourth-order valence-corrected chi connectivity index (χ4v) is 5.52. The Balaban J connectivity index is 1.52. The normalized spacial score (nSPS) is 21.6. The topological polar surface area (TPSA) is 55.7 Å². The number of Topliss-reactive ketones (excluding diaryl/α,β-unsaturated/α-hetero) is 1. The first-order chi connectivity index (χ1) is 17.5. The van der Waals surface area contributed by atoms with Crippen LogP contribution in [0.2, 0.25) is 0 Å². The minimum Gasteiger partial charge on any atom is -0.457 e. The molecule has 1 fully saturated rings. The third kappa shape index (κ3) is 4.81. The molecule has 0 aromatic heterocycles. The van der Waals surface area contributed by atoms with Gasteiger partial charge in [0.1, 0.15) is 12.4 Å². The van der Waals surface area contributed by atoms with Crippen LogP contribution in [0.15, 0.2) is 101 Å². The van der Waals surface area contributed by atoms with Gasteiger partial charge in [-0.1, -0.05) is 91.9 Å². The van der Waals surface area contributed by atoms with Crippen molar-refractivity contribution in [3.05, 3.63) is 118 Å². The average molecular weight is 478 g/mol. The second-order valence-corrected chi connectivity index (χ2v) is 9.70. The van der Waals surface area contributed by atoms with E-state index in [4.69, 9.17) is 9.73 Å². The zero-order valence-electron chi connectivity index (χ0n) is 20.8. The Labute approximate surface area is 212 Å². The highest BCUT2D eigenvalue weighted by Gasteiger charge is 2.46. The van der Waals surface area contributed by atoms with Crippen molar-refractivity contribution in [1.29, 1.82) is 0 Å². The molecule has 2 aliphatic rings. The SMILES string of the molecule is CCc1ccc(C2C(C(=O)OCc3ccccc3)=C(C)N=C3CC(c4ccccc4)CC(=O)C32)cc1. The molecule has 1 aliphatic heterocycles. The number of benzene rings is 3. The van der Waals surface area contributed by atoms with E-state index >= 15 is 0 Å². The highest BCUT2D eigenvalue weighted by Crippen LogP contribution is 2.46. The van der Waals surface area contributed by atoms with Crippen LogP contribution in [-0.4, -0.2) is 17.5 Å². The number of hydrogen-bond acceptors (Lipinski definition) is 4. The van der Waals surface area contributed by atoms with E-state index in [-0.39, 0.29) is 18.3 Å². The maximum absolute atomic E-state index is 13.7. The van der Waals surface area contributed by atoms with Crippen LogP contribution in [0.5, 0.6) is 0 Å². The quantitative estimate of drug-likeness (QED) is 0.378. The highest BCUT2D eigenvalue weighted by atomic mass is 16.5. The summed E-state index contributed by atoms with van der Waals surface area (Å²) in [5, 5.41) is 0. The molecule has 0 N–H and O–H groups in total. The predicted molar refractivity (Wildman–Crippen MR) is 142 cm³/mol. The number of allylic oxidation sites excluding steroid dienone is 1. The molecule has 3 atom stereocenters. The minimum atomic E-state index is -0.444. The van der Waals surface area contributed by atoms with E-state index in [2.05, 4.69) is 43.3 Å². The molecule has 0 spiro atoms. The van der Waals surface area contributed by atoms with Crippen LogP contribution in [0.1, 0.15) is 60.8 Å². The zero-order chi connectivity index (χ0) is 25.1. The molecule has 0 bridgehead atoms. The van der Waals surface area contributed by atoms with Crippen LogP contribution in [0.3, 0.4) is 0 Å². The van der Waals surface area contributed by atoms with Gasteiger partial charge in [-0.3, -0.25) is 9.79 Å². The first-order valence-corrected chi connectivity index (χ1v) is 12.7. The third-order valence-electron chi connectivity index (χ3n) is 7.41. The Morgan fingerprint density at radius 3 is 2.17 bits per heavy atom. The zero-order valence-corrected chi connectivity index (χ0v) is 20.8. The minimum absolute atomic E-state index is 0.108. The molecule has 0 amide bonds. The number of ether oxygens (including phenoxy) is 1. The van der Waals surface area contributed by atoms with Gasteiger partial charge in [-0.2, -0.15) is 0 Å². The van der Waals surface area contributed by atoms with Gasteiger partial charge in [0.2, 0.25) is 0 Å². The molecular weight excluding hydrogens is 446 g/mol. The lowest BCUT2D eigenvalue weighted by Crippen LogP contribution is -2.41. The fraction of sp³-hybridized carbons (Fsp3) is 0.281. The molecule has 1 heterocycles. The van der Waals surface area contributed by atoms with Crippen molar-refractivity contribution in [1.82, 2.24) is 0 Å². The smallest absolute Gasteiger partial charge is 0.336 e. The Morgan fingerprint density at radius 2 is 1.50 bits per heavy atom. The molecule has 0 radical (unpaired) electrons. The molecule has 5 rings (SSSR count). The van der Waals surface area contributed by atoms with E-state index in [0.29, 0.717) is 24.1 Å². The summed E-state index contributed by atoms with van der Waals surface area (Å²) >= 11 is 0. The summed E-state index contributed by atoms with van der Waals surface area (Å²) in [5.41, 5.74) is 6.28. The third-order valence-corrected chi connectivity index (χ3v) is 7.41. The fourth-order valence-electron chi connectivity index (χ4n) is 5.52. The Morgan fingerprint density at radius 1 is 0.833 bits per heavy atom. The average Bonchev–Trinajstić information content (AvgIpc) is 2.92. The number of carbonyl (C=O) groups excluding carboxylic acids is 2. The Bertz CT molecular complexity index is 1310. The molecule has 3 aromatic rings. The number of fused-ring (bicyclic) bond motifs is 1. The Kier molecular flexibility index (Phi) is 6.95. The van der Waals surface area contributed by atoms with Crippen LogP contribution in [0, 0.1) is 5.92 Å². The van der Waals surface area contributed by atoms with Crippen molar-refractivity contribution in [3.8, 4) is 0 Å². The van der Waals surface area contributed by atoms with E-state index in [9.17, 15) is 9.59 Å². The second kappa shape index (κ2) is 10.4. The summed E-state index contributed by atoms with van der Waals surface area (Å²) in [6.45, 7) is 4.17. The number of ketones is 1. The summed E-state index contributed by atoms with van der Waals surface area (Å²) in [7, 11) is 0. The Hall–Kier alpha value is -3.79. The standard InChI is InChI=1S/C32H31NO3/c1-3-22-14-16-25(17-15-22)30-29(32(35)36-20-23-10-6-4-7-11-23)21(2)33-27-18-26(19-28(34)31(27)30)24-12-8-5-9-13-24/h4-17,26,30-31H,3,18-20H2,1-2H3. The van der Waals surface area contributed by atoms with Crippen molar-refractivity contribution in [2.75, 3.05) is 0 Å². The van der Waals surface area contributed by atoms with E-state index in [1.807, 2.05) is 55.5 Å². The molecule has 3 aromatic carbocycles. The lowest BCUT2D eigenvalue weighted by Gasteiger charge is -2.38. The van der Waals surface area contributed by atoms with Gasteiger partial charge in [0.25, 0.3) is 0 Å². The van der Waals surface area contributed by atoms with E-state index in [1.54, 1.807) is 0 Å². The lowest BCUT2D eigenvalue weighted by atomic mass is 9.66. The van der Waals surface area contributed by atoms with Crippen molar-refractivity contribution in [2.45, 2.75) is 51.6 Å². The summed E-state index contributed by atoms with van der Waals surface area (Å²) in [6.07, 6.45) is 2.09. The maximum atomic E-state index is 13.7. The molecule has 4 heteroatoms. The molecule has 3 unspecified atom stereocenters. The van der Waals surface area contributed by atoms with Gasteiger partial charge >= 0.3 is 5.97 Å². The summed E-state index contributed by atoms with van der Waals surface area (Å²) in [6, 6.07) is 28.1. The highest BCUT2D eigenvalue weighted by molar-refractivity contribution is 6.12. The van der Waals surface area contributed by atoms with E-state index in [0.717, 1.165) is 28.8 Å². The summed E-state index contributed by atoms with van der Waals surface area (Å²) in [4.78, 5) is 32.1. The first kappa shape index (κ1) is 23.9. The van der Waals surface area contributed by atoms with Crippen molar-refractivity contribution in [3.63, 3.8) is 0 Å². The van der Waals surface area contributed by atoms with Crippen molar-refractivity contribution < 1.29 is 14.3 Å². The monoisotopic (exact) mass is 477 g/mol. The molecule has 36 heavy (non-hydrogen) atoms. The molecular formula is C32H31NO3. The van der Waals surface area contributed by atoms with Crippen LogP contribution in [-0.2, 0) is 27.4 Å². The molecule has 0 saturated heterocycles. The van der Waals surface area contributed by atoms with Crippen LogP contribution >= 0.6 is 0 Å². The van der Waals surface area contributed by atoms with Crippen molar-refractivity contribution in [2.24, 2.45) is 10.9 Å². The van der Waals surface area contributed by atoms with Gasteiger partial charge in [-0.15, -0.1) is 0 Å². The number of esters is 1. The molecule has 182 valence electrons. The number of hydrogen-bond donors (Lipinski definition) is 0. The predicted octanol–water partition coefficient (Wildman–Crippen LogP) is 6.57. The van der Waals surface area contributed by atoms with Crippen LogP contribution < -0.4 is 0 Å². The number of nitrogens with zero attached hydrogens (tertiary/aromatic N) is 1. The van der Waals surface area contributed by atoms with Crippen LogP contribution in [0.4, 0.5) is 0 Å². The van der Waals surface area contributed by atoms with Gasteiger partial charge in [0.15, 0.2) is 0 Å². The van der Waals surface area contributed by atoms with E-state index < -0.39 is 17.8 Å². The summed E-state index contributed by atoms with van der Waals surface area (Å²) in [5.74, 6) is -0.992. The van der Waals surface area contributed by atoms with Crippen LogP contribution in [0.25, 0.3) is 0 Å². The lowest BCUT2D eigenvalue weighted by molar-refractivity contribution is -0.140. The largest absolute Gasteiger partial charge is 0.457 e. The molecule has 1 aliphatic carbocycles. The number of rotatable bonds is 6. The van der Waals surface area contributed by atoms with Gasteiger partial charge in [0.05, 0.1) is 11.5 Å². The number of carbonyl (C=O) groups is 2. The van der Waals surface area contributed by atoms with Gasteiger partial charge in [-0.05, 0) is 47.9 Å². The summed E-state index contributed by atoms with van der Waals surface area (Å²) < 4.78 is 5.76. The maximum Gasteiger partial charge on any atom is 0.336 e. The van der Waals surface area contributed by atoms with Gasteiger partial charge in [-0.25, -0.2) is 4.79 Å². The molecule has 4 nitrogen and oxygen atoms in total. The molecule has 1 saturated carbocycles. The van der Waals surface area contributed by atoms with Crippen molar-refractivity contribution >= 4 is 17.5 Å².